The van der Waals surface area contributed by atoms with E-state index >= 15 is 0 Å². The van der Waals surface area contributed by atoms with Crippen molar-refractivity contribution < 1.29 is 19.0 Å². The Hall–Kier alpha value is -2.69. The number of hydrogen-bond donors (Lipinski definition) is 1. The van der Waals surface area contributed by atoms with E-state index in [0.29, 0.717) is 5.75 Å². The monoisotopic (exact) mass is 383 g/mol. The highest BCUT2D eigenvalue weighted by Crippen LogP contribution is 2.29. The molecule has 0 spiro atoms. The van der Waals surface area contributed by atoms with E-state index in [9.17, 15) is 4.79 Å². The summed E-state index contributed by atoms with van der Waals surface area (Å²) in [7, 11) is 3.23. The molecule has 5 nitrogen and oxygen atoms in total. The second-order valence-electron chi connectivity index (χ2n) is 7.24. The molecule has 150 valence electrons. The molecule has 0 saturated heterocycles. The molecule has 1 amide bonds. The Morgan fingerprint density at radius 1 is 0.929 bits per heavy atom. The quantitative estimate of drug-likeness (QED) is 0.777. The van der Waals surface area contributed by atoms with Crippen molar-refractivity contribution in [1.29, 1.82) is 0 Å². The van der Waals surface area contributed by atoms with Gasteiger partial charge in [-0.1, -0.05) is 6.07 Å². The zero-order chi connectivity index (χ0) is 20.1. The van der Waals surface area contributed by atoms with Crippen LogP contribution in [0.15, 0.2) is 36.4 Å². The Morgan fingerprint density at radius 3 is 2.36 bits per heavy atom. The van der Waals surface area contributed by atoms with Crippen molar-refractivity contribution in [2.75, 3.05) is 14.2 Å². The maximum atomic E-state index is 12.7. The van der Waals surface area contributed by atoms with E-state index in [1.165, 1.54) is 24.0 Å². The largest absolute Gasteiger partial charge is 0.497 e. The number of carbonyl (C=O) groups excluding carboxylic acids is 1. The topological polar surface area (TPSA) is 56.8 Å². The number of aryl methyl sites for hydroxylation is 2. The average Bonchev–Trinajstić information content (AvgIpc) is 2.72. The summed E-state index contributed by atoms with van der Waals surface area (Å²) in [6, 6.07) is 11.5. The lowest BCUT2D eigenvalue weighted by atomic mass is 9.92. The summed E-state index contributed by atoms with van der Waals surface area (Å²) in [6.45, 7) is 3.69. The maximum Gasteiger partial charge on any atom is 0.261 e. The Kier molecular flexibility index (Phi) is 6.45. The average molecular weight is 383 g/mol. The van der Waals surface area contributed by atoms with Crippen molar-refractivity contribution in [1.82, 2.24) is 5.32 Å². The summed E-state index contributed by atoms with van der Waals surface area (Å²) in [5.74, 6) is 2.00. The number of methoxy groups -OCH3 is 2. The van der Waals surface area contributed by atoms with Gasteiger partial charge in [-0.2, -0.15) is 0 Å². The number of hydrogen-bond acceptors (Lipinski definition) is 4. The van der Waals surface area contributed by atoms with Gasteiger partial charge in [0.2, 0.25) is 0 Å². The highest BCUT2D eigenvalue weighted by Gasteiger charge is 2.21. The van der Waals surface area contributed by atoms with Crippen LogP contribution in [0.25, 0.3) is 0 Å². The van der Waals surface area contributed by atoms with Gasteiger partial charge in [0.05, 0.1) is 20.3 Å². The molecular weight excluding hydrogens is 354 g/mol. The summed E-state index contributed by atoms with van der Waals surface area (Å²) in [4.78, 5) is 12.7. The Morgan fingerprint density at radius 2 is 1.64 bits per heavy atom. The van der Waals surface area contributed by atoms with E-state index in [1.807, 2.05) is 31.2 Å². The fourth-order valence-electron chi connectivity index (χ4n) is 3.63. The van der Waals surface area contributed by atoms with E-state index in [2.05, 4.69) is 17.4 Å². The van der Waals surface area contributed by atoms with Gasteiger partial charge >= 0.3 is 0 Å². The molecular formula is C23H29NO4. The number of carbonyl (C=O) groups is 1. The van der Waals surface area contributed by atoms with Gasteiger partial charge < -0.3 is 19.5 Å². The van der Waals surface area contributed by atoms with E-state index in [1.54, 1.807) is 21.1 Å². The summed E-state index contributed by atoms with van der Waals surface area (Å²) in [5, 5.41) is 3.01. The zero-order valence-electron chi connectivity index (χ0n) is 17.1. The van der Waals surface area contributed by atoms with Crippen molar-refractivity contribution in [2.45, 2.75) is 51.7 Å². The van der Waals surface area contributed by atoms with Crippen LogP contribution in [0.5, 0.6) is 17.2 Å². The Labute approximate surface area is 167 Å². The molecule has 0 saturated carbocycles. The lowest BCUT2D eigenvalue weighted by Crippen LogP contribution is -2.37. The molecule has 1 aliphatic rings. The smallest absolute Gasteiger partial charge is 0.261 e. The molecule has 0 bridgehead atoms. The van der Waals surface area contributed by atoms with Crippen molar-refractivity contribution >= 4 is 5.91 Å². The molecule has 1 N–H and O–H groups in total. The van der Waals surface area contributed by atoms with Crippen molar-refractivity contribution in [3.8, 4) is 17.2 Å². The minimum atomic E-state index is -0.597. The fourth-order valence-corrected chi connectivity index (χ4v) is 3.63. The normalized spacial score (nSPS) is 15.1. The molecule has 0 aromatic heterocycles. The SMILES string of the molecule is COc1ccc(OC)c(C(C)NC(=O)C(C)Oc2ccc3c(c2)CCCC3)c1. The van der Waals surface area contributed by atoms with Crippen LogP contribution < -0.4 is 19.5 Å². The van der Waals surface area contributed by atoms with Gasteiger partial charge in [0.15, 0.2) is 6.10 Å². The number of rotatable bonds is 7. The number of fused-ring (bicyclic) bond motifs is 1. The predicted molar refractivity (Wildman–Crippen MR) is 109 cm³/mol. The van der Waals surface area contributed by atoms with Crippen LogP contribution in [-0.2, 0) is 17.6 Å². The Bertz CT molecular complexity index is 833. The van der Waals surface area contributed by atoms with Gasteiger partial charge in [0.1, 0.15) is 17.2 Å². The van der Waals surface area contributed by atoms with Gasteiger partial charge in [0.25, 0.3) is 5.91 Å². The molecule has 3 rings (SSSR count). The molecule has 2 unspecified atom stereocenters. The number of nitrogens with one attached hydrogen (secondary N) is 1. The van der Waals surface area contributed by atoms with Crippen LogP contribution in [-0.4, -0.2) is 26.2 Å². The molecule has 28 heavy (non-hydrogen) atoms. The first-order chi connectivity index (χ1) is 13.5. The van der Waals surface area contributed by atoms with Crippen molar-refractivity contribution in [2.24, 2.45) is 0 Å². The van der Waals surface area contributed by atoms with Crippen molar-refractivity contribution in [3.05, 3.63) is 53.1 Å². The van der Waals surface area contributed by atoms with E-state index in [4.69, 9.17) is 14.2 Å². The molecule has 0 radical (unpaired) electrons. The number of amides is 1. The summed E-state index contributed by atoms with van der Waals surface area (Å²) in [5.41, 5.74) is 3.59. The highest BCUT2D eigenvalue weighted by molar-refractivity contribution is 5.81. The van der Waals surface area contributed by atoms with Gasteiger partial charge in [0, 0.05) is 5.56 Å². The third-order valence-corrected chi connectivity index (χ3v) is 5.26. The van der Waals surface area contributed by atoms with Crippen LogP contribution >= 0.6 is 0 Å². The van der Waals surface area contributed by atoms with E-state index in [0.717, 1.165) is 29.9 Å². The molecule has 5 heteroatoms. The third kappa shape index (κ3) is 4.58. The summed E-state index contributed by atoms with van der Waals surface area (Å²) >= 11 is 0. The van der Waals surface area contributed by atoms with Crippen LogP contribution in [0.1, 0.15) is 49.4 Å². The van der Waals surface area contributed by atoms with Crippen LogP contribution in [0.4, 0.5) is 0 Å². The van der Waals surface area contributed by atoms with Gasteiger partial charge in [-0.15, -0.1) is 0 Å². The minimum Gasteiger partial charge on any atom is -0.497 e. The first-order valence-electron chi connectivity index (χ1n) is 9.82. The number of benzene rings is 2. The molecule has 2 atom stereocenters. The Balaban J connectivity index is 1.65. The van der Waals surface area contributed by atoms with Crippen LogP contribution in [0, 0.1) is 0 Å². The van der Waals surface area contributed by atoms with E-state index in [-0.39, 0.29) is 11.9 Å². The number of ether oxygens (including phenoxy) is 3. The summed E-state index contributed by atoms with van der Waals surface area (Å²) < 4.78 is 16.6. The van der Waals surface area contributed by atoms with Crippen molar-refractivity contribution in [3.63, 3.8) is 0 Å². The van der Waals surface area contributed by atoms with Gasteiger partial charge in [-0.25, -0.2) is 0 Å². The van der Waals surface area contributed by atoms with Gasteiger partial charge in [-0.05, 0) is 81.0 Å². The molecule has 2 aromatic carbocycles. The van der Waals surface area contributed by atoms with E-state index < -0.39 is 6.10 Å². The van der Waals surface area contributed by atoms with Crippen LogP contribution in [0.2, 0.25) is 0 Å². The zero-order valence-corrected chi connectivity index (χ0v) is 17.1. The molecule has 0 aliphatic heterocycles. The van der Waals surface area contributed by atoms with Crippen LogP contribution in [0.3, 0.4) is 0 Å². The highest BCUT2D eigenvalue weighted by atomic mass is 16.5. The lowest BCUT2D eigenvalue weighted by molar-refractivity contribution is -0.127. The minimum absolute atomic E-state index is 0.171. The molecule has 0 fully saturated rings. The second-order valence-corrected chi connectivity index (χ2v) is 7.24. The molecule has 2 aromatic rings. The molecule has 1 aliphatic carbocycles. The second kappa shape index (κ2) is 9.00. The standard InChI is InChI=1S/C23H29NO4/c1-15(21-14-19(26-3)11-12-22(21)27-4)24-23(25)16(2)28-20-10-9-17-7-5-6-8-18(17)13-20/h9-16H,5-8H2,1-4H3,(H,24,25). The first-order valence-corrected chi connectivity index (χ1v) is 9.82. The summed E-state index contributed by atoms with van der Waals surface area (Å²) in [6.07, 6.45) is 4.08. The lowest BCUT2D eigenvalue weighted by Gasteiger charge is -2.22. The third-order valence-electron chi connectivity index (χ3n) is 5.26. The maximum absolute atomic E-state index is 12.7. The van der Waals surface area contributed by atoms with Gasteiger partial charge in [-0.3, -0.25) is 4.79 Å². The predicted octanol–water partition coefficient (Wildman–Crippen LogP) is 4.23. The molecule has 0 heterocycles. The fraction of sp³-hybridized carbons (Fsp3) is 0.435. The first kappa shape index (κ1) is 20.1.